The van der Waals surface area contributed by atoms with Crippen LogP contribution in [0.3, 0.4) is 0 Å². The Bertz CT molecular complexity index is 403. The molecule has 1 aliphatic rings. The minimum absolute atomic E-state index is 0.209. The normalized spacial score (nSPS) is 22.5. The van der Waals surface area contributed by atoms with E-state index in [-0.39, 0.29) is 5.25 Å². The lowest BCUT2D eigenvalue weighted by atomic mass is 9.98. The van der Waals surface area contributed by atoms with Crippen molar-refractivity contribution in [2.24, 2.45) is 5.73 Å². The molecule has 0 spiro atoms. The zero-order valence-electron chi connectivity index (χ0n) is 9.88. The van der Waals surface area contributed by atoms with E-state index in [9.17, 15) is 8.78 Å². The summed E-state index contributed by atoms with van der Waals surface area (Å²) in [6.45, 7) is 1.56. The predicted octanol–water partition coefficient (Wildman–Crippen LogP) is 3.56. The van der Waals surface area contributed by atoms with Crippen LogP contribution in [0.1, 0.15) is 36.4 Å². The van der Waals surface area contributed by atoms with Gasteiger partial charge in [-0.25, -0.2) is 8.78 Å². The molecule has 1 nitrogen and oxygen atoms in total. The van der Waals surface area contributed by atoms with Gasteiger partial charge in [0.05, 0.1) is 0 Å². The number of halogens is 2. The van der Waals surface area contributed by atoms with Crippen molar-refractivity contribution in [2.45, 2.75) is 37.5 Å². The van der Waals surface area contributed by atoms with Crippen molar-refractivity contribution in [3.63, 3.8) is 0 Å². The maximum absolute atomic E-state index is 13.8. The molecule has 4 heteroatoms. The van der Waals surface area contributed by atoms with E-state index in [0.29, 0.717) is 11.1 Å². The quantitative estimate of drug-likeness (QED) is 0.876. The van der Waals surface area contributed by atoms with Crippen LogP contribution in [-0.4, -0.2) is 11.0 Å². The minimum atomic E-state index is -0.774. The van der Waals surface area contributed by atoms with Gasteiger partial charge in [-0.15, -0.1) is 0 Å². The van der Waals surface area contributed by atoms with Gasteiger partial charge in [0.1, 0.15) is 0 Å². The van der Waals surface area contributed by atoms with E-state index >= 15 is 0 Å². The van der Waals surface area contributed by atoms with Crippen LogP contribution in [0.5, 0.6) is 0 Å². The molecule has 94 valence electrons. The third kappa shape index (κ3) is 2.63. The molecule has 1 aromatic carbocycles. The molecule has 1 fully saturated rings. The van der Waals surface area contributed by atoms with Crippen molar-refractivity contribution in [1.29, 1.82) is 0 Å². The van der Waals surface area contributed by atoms with Crippen LogP contribution >= 0.6 is 11.8 Å². The number of nitrogens with two attached hydrogens (primary N) is 1. The monoisotopic (exact) mass is 257 g/mol. The van der Waals surface area contributed by atoms with E-state index in [1.54, 1.807) is 30.8 Å². The topological polar surface area (TPSA) is 26.0 Å². The summed E-state index contributed by atoms with van der Waals surface area (Å²) in [6.07, 6.45) is 3.31. The number of benzene rings is 1. The van der Waals surface area contributed by atoms with Crippen LogP contribution in [0.2, 0.25) is 0 Å². The van der Waals surface area contributed by atoms with E-state index in [1.165, 1.54) is 6.42 Å². The van der Waals surface area contributed by atoms with Crippen molar-refractivity contribution < 1.29 is 8.78 Å². The number of aryl methyl sites for hydroxylation is 1. The summed E-state index contributed by atoms with van der Waals surface area (Å²) in [5.41, 5.74) is 6.70. The van der Waals surface area contributed by atoms with Gasteiger partial charge in [-0.3, -0.25) is 0 Å². The highest BCUT2D eigenvalue weighted by Crippen LogP contribution is 2.34. The first-order valence-corrected chi connectivity index (χ1v) is 6.98. The molecular weight excluding hydrogens is 240 g/mol. The third-order valence-electron chi connectivity index (χ3n) is 3.28. The summed E-state index contributed by atoms with van der Waals surface area (Å²) < 4.78 is 27.3. The largest absolute Gasteiger partial charge is 0.323 e. The average Bonchev–Trinajstić information content (AvgIpc) is 2.36. The summed E-state index contributed by atoms with van der Waals surface area (Å²) in [5, 5.41) is 0.209. The fourth-order valence-corrected chi connectivity index (χ4v) is 3.53. The third-order valence-corrected chi connectivity index (χ3v) is 4.76. The fourth-order valence-electron chi connectivity index (χ4n) is 2.17. The Morgan fingerprint density at radius 1 is 1.29 bits per heavy atom. The lowest BCUT2D eigenvalue weighted by Crippen LogP contribution is -2.27. The Morgan fingerprint density at radius 3 is 2.71 bits per heavy atom. The van der Waals surface area contributed by atoms with Crippen LogP contribution < -0.4 is 5.73 Å². The molecular formula is C13H17F2NS. The second-order valence-electron chi connectivity index (χ2n) is 4.53. The molecule has 17 heavy (non-hydrogen) atoms. The molecule has 2 N–H and O–H groups in total. The first kappa shape index (κ1) is 12.8. The molecule has 0 bridgehead atoms. The van der Waals surface area contributed by atoms with Crippen molar-refractivity contribution in [3.8, 4) is 0 Å². The van der Waals surface area contributed by atoms with Crippen molar-refractivity contribution in [1.82, 2.24) is 0 Å². The zero-order valence-corrected chi connectivity index (χ0v) is 10.7. The van der Waals surface area contributed by atoms with Crippen LogP contribution in [-0.2, 0) is 0 Å². The van der Waals surface area contributed by atoms with E-state index < -0.39 is 17.7 Å². The van der Waals surface area contributed by atoms with E-state index in [2.05, 4.69) is 0 Å². The Morgan fingerprint density at radius 2 is 2.06 bits per heavy atom. The molecule has 0 radical (unpaired) electrons. The first-order valence-electron chi connectivity index (χ1n) is 5.93. The Balaban J connectivity index is 2.24. The summed E-state index contributed by atoms with van der Waals surface area (Å²) in [6, 6.07) is 2.81. The molecule has 1 saturated heterocycles. The summed E-state index contributed by atoms with van der Waals surface area (Å²) in [7, 11) is 0. The molecule has 1 aliphatic heterocycles. The molecule has 1 heterocycles. The molecule has 0 aliphatic carbocycles. The maximum Gasteiger partial charge on any atom is 0.163 e. The van der Waals surface area contributed by atoms with Gasteiger partial charge in [-0.1, -0.05) is 18.6 Å². The van der Waals surface area contributed by atoms with Crippen LogP contribution in [0.4, 0.5) is 8.78 Å². The average molecular weight is 257 g/mol. The molecule has 0 aromatic heterocycles. The molecule has 0 saturated carbocycles. The molecule has 0 amide bonds. The highest BCUT2D eigenvalue weighted by molar-refractivity contribution is 8.00. The van der Waals surface area contributed by atoms with Gasteiger partial charge in [0.25, 0.3) is 0 Å². The van der Waals surface area contributed by atoms with Crippen molar-refractivity contribution >= 4 is 11.8 Å². The van der Waals surface area contributed by atoms with Gasteiger partial charge in [0.15, 0.2) is 11.6 Å². The van der Waals surface area contributed by atoms with E-state index in [0.717, 1.165) is 18.6 Å². The summed E-state index contributed by atoms with van der Waals surface area (Å²) >= 11 is 1.77. The maximum atomic E-state index is 13.8. The van der Waals surface area contributed by atoms with Gasteiger partial charge in [0.2, 0.25) is 0 Å². The highest BCUT2D eigenvalue weighted by atomic mass is 32.2. The van der Waals surface area contributed by atoms with Gasteiger partial charge in [0, 0.05) is 16.9 Å². The second-order valence-corrected chi connectivity index (χ2v) is 5.88. The Labute approximate surface area is 105 Å². The molecule has 2 atom stereocenters. The van der Waals surface area contributed by atoms with E-state index in [1.807, 2.05) is 0 Å². The zero-order chi connectivity index (χ0) is 12.4. The van der Waals surface area contributed by atoms with Crippen LogP contribution in [0.25, 0.3) is 0 Å². The molecule has 1 aromatic rings. The van der Waals surface area contributed by atoms with Gasteiger partial charge in [-0.05, 0) is 31.1 Å². The SMILES string of the molecule is Cc1ccc(C(N)C2CCCCS2)c(F)c1F. The highest BCUT2D eigenvalue weighted by Gasteiger charge is 2.26. The summed E-state index contributed by atoms with van der Waals surface area (Å²) in [4.78, 5) is 0. The predicted molar refractivity (Wildman–Crippen MR) is 68.1 cm³/mol. The van der Waals surface area contributed by atoms with Crippen molar-refractivity contribution in [2.75, 3.05) is 5.75 Å². The fraction of sp³-hybridized carbons (Fsp3) is 0.538. The summed E-state index contributed by atoms with van der Waals surface area (Å²) in [5.74, 6) is -0.476. The van der Waals surface area contributed by atoms with Gasteiger partial charge < -0.3 is 5.73 Å². The number of thioether (sulfide) groups is 1. The lowest BCUT2D eigenvalue weighted by Gasteiger charge is -2.27. The Hall–Kier alpha value is -0.610. The number of hydrogen-bond donors (Lipinski definition) is 1. The smallest absolute Gasteiger partial charge is 0.163 e. The standard InChI is InChI=1S/C13H17F2NS/c1-8-5-6-9(12(15)11(8)14)13(16)10-4-2-3-7-17-10/h5-6,10,13H,2-4,7,16H2,1H3. The number of rotatable bonds is 2. The van der Waals surface area contributed by atoms with Crippen molar-refractivity contribution in [3.05, 3.63) is 34.9 Å². The Kier molecular flexibility index (Phi) is 4.05. The number of hydrogen-bond acceptors (Lipinski definition) is 2. The van der Waals surface area contributed by atoms with Crippen LogP contribution in [0, 0.1) is 18.6 Å². The van der Waals surface area contributed by atoms with E-state index in [4.69, 9.17) is 5.73 Å². The minimum Gasteiger partial charge on any atom is -0.323 e. The second kappa shape index (κ2) is 5.36. The first-order chi connectivity index (χ1) is 8.11. The van der Waals surface area contributed by atoms with Gasteiger partial charge in [-0.2, -0.15) is 11.8 Å². The molecule has 2 rings (SSSR count). The molecule has 2 unspecified atom stereocenters. The lowest BCUT2D eigenvalue weighted by molar-refractivity contribution is 0.475. The van der Waals surface area contributed by atoms with Crippen LogP contribution in [0.15, 0.2) is 12.1 Å². The van der Waals surface area contributed by atoms with Gasteiger partial charge >= 0.3 is 0 Å².